The normalized spacial score (nSPS) is 10.6. The van der Waals surface area contributed by atoms with E-state index in [0.29, 0.717) is 10.6 Å². The lowest BCUT2D eigenvalue weighted by atomic mass is 10.1. The largest absolute Gasteiger partial charge is 0.478 e. The number of thiophene rings is 1. The molecular formula is C9H9N3O3S. The minimum Gasteiger partial charge on any atom is -0.478 e. The number of aromatic amines is 1. The number of carbonyl (C=O) groups is 1. The molecule has 0 aliphatic carbocycles. The molecule has 0 atom stereocenters. The van der Waals surface area contributed by atoms with Crippen LogP contribution in [0.15, 0.2) is 11.1 Å². The molecule has 0 amide bonds. The highest BCUT2D eigenvalue weighted by molar-refractivity contribution is 7.15. The van der Waals surface area contributed by atoms with E-state index in [9.17, 15) is 9.59 Å². The molecule has 2 aromatic rings. The lowest BCUT2D eigenvalue weighted by molar-refractivity contribution is 0.0696. The van der Waals surface area contributed by atoms with E-state index >= 15 is 0 Å². The van der Waals surface area contributed by atoms with Gasteiger partial charge in [0.25, 0.3) is 0 Å². The molecule has 0 radical (unpaired) electrons. The fourth-order valence-corrected chi connectivity index (χ4v) is 2.54. The molecule has 84 valence electrons. The summed E-state index contributed by atoms with van der Waals surface area (Å²) >= 11 is 1.26. The van der Waals surface area contributed by atoms with Gasteiger partial charge in [0.2, 0.25) is 0 Å². The average Bonchev–Trinajstić information content (AvgIpc) is 2.72. The third kappa shape index (κ3) is 1.45. The second-order valence-electron chi connectivity index (χ2n) is 3.30. The van der Waals surface area contributed by atoms with Crippen molar-refractivity contribution in [2.45, 2.75) is 13.8 Å². The maximum atomic E-state index is 11.4. The summed E-state index contributed by atoms with van der Waals surface area (Å²) in [6.45, 7) is 3.55. The Kier molecular flexibility index (Phi) is 2.39. The Hall–Kier alpha value is -1.89. The molecule has 0 saturated heterocycles. The van der Waals surface area contributed by atoms with Crippen molar-refractivity contribution < 1.29 is 9.90 Å². The summed E-state index contributed by atoms with van der Waals surface area (Å²) in [6.07, 6.45) is 1.28. The molecule has 6 nitrogen and oxygen atoms in total. The van der Waals surface area contributed by atoms with Crippen LogP contribution in [-0.2, 0) is 0 Å². The Balaban J connectivity index is 2.76. The van der Waals surface area contributed by atoms with Gasteiger partial charge >= 0.3 is 11.7 Å². The number of nitrogens with one attached hydrogen (secondary N) is 1. The predicted octanol–water partition coefficient (Wildman–Crippen LogP) is 0.937. The molecule has 0 fully saturated rings. The van der Waals surface area contributed by atoms with E-state index in [1.165, 1.54) is 22.2 Å². The molecule has 2 rings (SSSR count). The van der Waals surface area contributed by atoms with Gasteiger partial charge in [-0.15, -0.1) is 11.3 Å². The van der Waals surface area contributed by atoms with Crippen LogP contribution in [0.3, 0.4) is 0 Å². The molecule has 0 unspecified atom stereocenters. The molecule has 0 aliphatic rings. The summed E-state index contributed by atoms with van der Waals surface area (Å²) in [4.78, 5) is 23.4. The van der Waals surface area contributed by atoms with E-state index < -0.39 is 11.7 Å². The zero-order valence-corrected chi connectivity index (χ0v) is 9.46. The van der Waals surface area contributed by atoms with Gasteiger partial charge in [0, 0.05) is 4.88 Å². The molecule has 0 spiro atoms. The monoisotopic (exact) mass is 239 g/mol. The van der Waals surface area contributed by atoms with Gasteiger partial charge in [-0.2, -0.15) is 5.10 Å². The first-order valence-corrected chi connectivity index (χ1v) is 5.29. The molecule has 0 aromatic carbocycles. The maximum absolute atomic E-state index is 11.4. The van der Waals surface area contributed by atoms with Crippen molar-refractivity contribution in [1.82, 2.24) is 14.8 Å². The summed E-state index contributed by atoms with van der Waals surface area (Å²) in [5, 5.41) is 15.3. The number of nitrogens with zero attached hydrogens (tertiary/aromatic N) is 2. The number of aromatic carboxylic acids is 1. The van der Waals surface area contributed by atoms with Crippen molar-refractivity contribution in [2.24, 2.45) is 0 Å². The standard InChI is InChI=1S/C9H9N3O3S/c1-4-5(2)16-7(6(4)8(13)14)12-3-10-11-9(12)15/h3H,1-2H3,(H,11,15)(H,13,14). The van der Waals surface area contributed by atoms with Crippen molar-refractivity contribution in [2.75, 3.05) is 0 Å². The molecule has 0 saturated carbocycles. The predicted molar refractivity (Wildman–Crippen MR) is 58.5 cm³/mol. The zero-order chi connectivity index (χ0) is 11.9. The molecule has 7 heteroatoms. The topological polar surface area (TPSA) is 88.0 Å². The molecular weight excluding hydrogens is 230 g/mol. The number of hydrogen-bond donors (Lipinski definition) is 2. The summed E-state index contributed by atoms with van der Waals surface area (Å²) < 4.78 is 1.20. The van der Waals surface area contributed by atoms with E-state index in [1.54, 1.807) is 6.92 Å². The summed E-state index contributed by atoms with van der Waals surface area (Å²) in [7, 11) is 0. The van der Waals surface area contributed by atoms with Crippen LogP contribution in [-0.4, -0.2) is 25.8 Å². The van der Waals surface area contributed by atoms with Crippen molar-refractivity contribution in [3.8, 4) is 5.00 Å². The number of hydrogen-bond acceptors (Lipinski definition) is 4. The highest BCUT2D eigenvalue weighted by Crippen LogP contribution is 2.29. The number of H-pyrrole nitrogens is 1. The molecule has 0 bridgehead atoms. The van der Waals surface area contributed by atoms with Crippen molar-refractivity contribution in [3.05, 3.63) is 32.8 Å². The third-order valence-electron chi connectivity index (χ3n) is 2.35. The van der Waals surface area contributed by atoms with Crippen LogP contribution in [0.4, 0.5) is 0 Å². The second kappa shape index (κ2) is 3.60. The van der Waals surface area contributed by atoms with E-state index in [-0.39, 0.29) is 5.56 Å². The fraction of sp³-hybridized carbons (Fsp3) is 0.222. The van der Waals surface area contributed by atoms with Crippen LogP contribution in [0.2, 0.25) is 0 Å². The lowest BCUT2D eigenvalue weighted by Crippen LogP contribution is -2.15. The van der Waals surface area contributed by atoms with Crippen LogP contribution in [0.5, 0.6) is 0 Å². The van der Waals surface area contributed by atoms with Gasteiger partial charge in [-0.05, 0) is 19.4 Å². The van der Waals surface area contributed by atoms with Gasteiger partial charge in [0.05, 0.1) is 5.56 Å². The highest BCUT2D eigenvalue weighted by atomic mass is 32.1. The molecule has 2 aromatic heterocycles. The van der Waals surface area contributed by atoms with Gasteiger partial charge < -0.3 is 5.11 Å². The van der Waals surface area contributed by atoms with Gasteiger partial charge in [0.15, 0.2) is 0 Å². The Morgan fingerprint density at radius 3 is 2.75 bits per heavy atom. The number of aryl methyl sites for hydroxylation is 1. The van der Waals surface area contributed by atoms with Crippen molar-refractivity contribution in [3.63, 3.8) is 0 Å². The van der Waals surface area contributed by atoms with E-state index in [0.717, 1.165) is 4.88 Å². The van der Waals surface area contributed by atoms with Crippen LogP contribution < -0.4 is 5.69 Å². The number of carboxylic acids is 1. The Bertz CT molecular complexity index is 608. The summed E-state index contributed by atoms with van der Waals surface area (Å²) in [6, 6.07) is 0. The molecule has 2 heterocycles. The SMILES string of the molecule is Cc1sc(-n2cn[nH]c2=O)c(C(=O)O)c1C. The van der Waals surface area contributed by atoms with Crippen LogP contribution >= 0.6 is 11.3 Å². The smallest absolute Gasteiger partial charge is 0.348 e. The minimum absolute atomic E-state index is 0.158. The first kappa shape index (κ1) is 10.6. The Morgan fingerprint density at radius 2 is 2.25 bits per heavy atom. The van der Waals surface area contributed by atoms with E-state index in [1.807, 2.05) is 6.92 Å². The number of carboxylic acid groups (broad SMARTS) is 1. The maximum Gasteiger partial charge on any atom is 0.348 e. The van der Waals surface area contributed by atoms with Crippen LogP contribution in [0.1, 0.15) is 20.8 Å². The zero-order valence-electron chi connectivity index (χ0n) is 8.64. The Morgan fingerprint density at radius 1 is 1.56 bits per heavy atom. The summed E-state index contributed by atoms with van der Waals surface area (Å²) in [5.41, 5.74) is 0.398. The highest BCUT2D eigenvalue weighted by Gasteiger charge is 2.21. The molecule has 0 aliphatic heterocycles. The van der Waals surface area contributed by atoms with Gasteiger partial charge in [-0.3, -0.25) is 0 Å². The van der Waals surface area contributed by atoms with Gasteiger partial charge in [-0.25, -0.2) is 19.3 Å². The fourth-order valence-electron chi connectivity index (χ4n) is 1.42. The van der Waals surface area contributed by atoms with E-state index in [2.05, 4.69) is 10.2 Å². The van der Waals surface area contributed by atoms with Crippen LogP contribution in [0, 0.1) is 13.8 Å². The second-order valence-corrected chi connectivity index (χ2v) is 4.50. The molecule has 16 heavy (non-hydrogen) atoms. The first-order chi connectivity index (χ1) is 7.52. The lowest BCUT2D eigenvalue weighted by Gasteiger charge is -1.98. The first-order valence-electron chi connectivity index (χ1n) is 4.48. The quantitative estimate of drug-likeness (QED) is 0.816. The Labute approximate surface area is 94.2 Å². The van der Waals surface area contributed by atoms with Gasteiger partial charge in [0.1, 0.15) is 11.3 Å². The average molecular weight is 239 g/mol. The summed E-state index contributed by atoms with van der Waals surface area (Å²) in [5.74, 6) is -1.04. The minimum atomic E-state index is -1.04. The van der Waals surface area contributed by atoms with Gasteiger partial charge in [-0.1, -0.05) is 0 Å². The van der Waals surface area contributed by atoms with Crippen LogP contribution in [0.25, 0.3) is 5.00 Å². The number of rotatable bonds is 2. The van der Waals surface area contributed by atoms with E-state index in [4.69, 9.17) is 5.11 Å². The van der Waals surface area contributed by atoms with Crippen molar-refractivity contribution in [1.29, 1.82) is 0 Å². The molecule has 2 N–H and O–H groups in total. The third-order valence-corrected chi connectivity index (χ3v) is 3.56. The number of aromatic nitrogens is 3. The van der Waals surface area contributed by atoms with Crippen molar-refractivity contribution >= 4 is 17.3 Å².